The Labute approximate surface area is 106 Å². The SMILES string of the molecule is Clc1ccc(CNC2CCNCC2)c(Cl)c1. The number of rotatable bonds is 3. The Morgan fingerprint density at radius 3 is 2.69 bits per heavy atom. The van der Waals surface area contributed by atoms with Crippen molar-refractivity contribution in [2.75, 3.05) is 13.1 Å². The molecule has 0 unspecified atom stereocenters. The summed E-state index contributed by atoms with van der Waals surface area (Å²) in [6.07, 6.45) is 2.37. The van der Waals surface area contributed by atoms with Gasteiger partial charge in [-0.3, -0.25) is 0 Å². The van der Waals surface area contributed by atoms with Crippen LogP contribution in [0.15, 0.2) is 18.2 Å². The van der Waals surface area contributed by atoms with Crippen molar-refractivity contribution in [2.45, 2.75) is 25.4 Å². The third-order valence-corrected chi connectivity index (χ3v) is 3.52. The topological polar surface area (TPSA) is 24.1 Å². The van der Waals surface area contributed by atoms with Gasteiger partial charge in [0.05, 0.1) is 0 Å². The minimum atomic E-state index is 0.605. The summed E-state index contributed by atoms with van der Waals surface area (Å²) in [5.74, 6) is 0. The predicted octanol–water partition coefficient (Wildman–Crippen LogP) is 2.84. The number of hydrogen-bond acceptors (Lipinski definition) is 2. The third-order valence-electron chi connectivity index (χ3n) is 2.94. The Kier molecular flexibility index (Phi) is 4.47. The van der Waals surface area contributed by atoms with Crippen LogP contribution in [0.4, 0.5) is 0 Å². The number of halogens is 2. The normalized spacial score (nSPS) is 17.6. The van der Waals surface area contributed by atoms with Crippen molar-refractivity contribution in [3.05, 3.63) is 33.8 Å². The third kappa shape index (κ3) is 3.36. The van der Waals surface area contributed by atoms with E-state index in [-0.39, 0.29) is 0 Å². The molecule has 0 aliphatic carbocycles. The molecular weight excluding hydrogens is 243 g/mol. The summed E-state index contributed by atoms with van der Waals surface area (Å²) in [5.41, 5.74) is 1.12. The largest absolute Gasteiger partial charge is 0.317 e. The molecular formula is C12H16Cl2N2. The zero-order chi connectivity index (χ0) is 11.4. The van der Waals surface area contributed by atoms with E-state index in [2.05, 4.69) is 10.6 Å². The molecule has 2 N–H and O–H groups in total. The summed E-state index contributed by atoms with van der Waals surface area (Å²) in [5, 5.41) is 8.31. The van der Waals surface area contributed by atoms with Crippen LogP contribution in [0, 0.1) is 0 Å². The molecule has 0 radical (unpaired) electrons. The summed E-state index contributed by atoms with van der Waals surface area (Å²) in [6.45, 7) is 3.03. The molecule has 0 aromatic heterocycles. The predicted molar refractivity (Wildman–Crippen MR) is 69.2 cm³/mol. The molecule has 16 heavy (non-hydrogen) atoms. The summed E-state index contributed by atoms with van der Waals surface area (Å²) >= 11 is 12.0. The molecule has 2 rings (SSSR count). The summed E-state index contributed by atoms with van der Waals surface area (Å²) in [6, 6.07) is 6.27. The maximum Gasteiger partial charge on any atom is 0.0465 e. The number of hydrogen-bond donors (Lipinski definition) is 2. The molecule has 2 nitrogen and oxygen atoms in total. The molecule has 0 amide bonds. The van der Waals surface area contributed by atoms with Gasteiger partial charge in [-0.25, -0.2) is 0 Å². The fourth-order valence-corrected chi connectivity index (χ4v) is 2.42. The van der Waals surface area contributed by atoms with Gasteiger partial charge in [0.2, 0.25) is 0 Å². The average Bonchev–Trinajstić information content (AvgIpc) is 2.29. The van der Waals surface area contributed by atoms with Gasteiger partial charge in [-0.05, 0) is 43.6 Å². The van der Waals surface area contributed by atoms with Crippen LogP contribution in [0.1, 0.15) is 18.4 Å². The highest BCUT2D eigenvalue weighted by atomic mass is 35.5. The van der Waals surface area contributed by atoms with Gasteiger partial charge in [-0.2, -0.15) is 0 Å². The molecule has 1 aliphatic heterocycles. The lowest BCUT2D eigenvalue weighted by Crippen LogP contribution is -2.39. The van der Waals surface area contributed by atoms with Gasteiger partial charge in [0.25, 0.3) is 0 Å². The van der Waals surface area contributed by atoms with Gasteiger partial charge in [-0.1, -0.05) is 29.3 Å². The van der Waals surface area contributed by atoms with Crippen LogP contribution >= 0.6 is 23.2 Å². The van der Waals surface area contributed by atoms with Crippen molar-refractivity contribution in [3.8, 4) is 0 Å². The Bertz CT molecular complexity index is 349. The van der Waals surface area contributed by atoms with Gasteiger partial charge in [-0.15, -0.1) is 0 Å². The van der Waals surface area contributed by atoms with E-state index in [0.717, 1.165) is 30.2 Å². The van der Waals surface area contributed by atoms with Crippen molar-refractivity contribution in [2.24, 2.45) is 0 Å². The molecule has 1 aromatic rings. The van der Waals surface area contributed by atoms with E-state index in [1.54, 1.807) is 6.07 Å². The van der Waals surface area contributed by atoms with Gasteiger partial charge >= 0.3 is 0 Å². The maximum absolute atomic E-state index is 6.11. The van der Waals surface area contributed by atoms with E-state index in [4.69, 9.17) is 23.2 Å². The molecule has 4 heteroatoms. The Hall–Kier alpha value is -0.280. The first-order valence-electron chi connectivity index (χ1n) is 5.64. The highest BCUT2D eigenvalue weighted by molar-refractivity contribution is 6.35. The molecule has 0 bridgehead atoms. The van der Waals surface area contributed by atoms with Crippen molar-refractivity contribution < 1.29 is 0 Å². The van der Waals surface area contributed by atoms with Crippen LogP contribution in [0.5, 0.6) is 0 Å². The smallest absolute Gasteiger partial charge is 0.0465 e. The van der Waals surface area contributed by atoms with E-state index in [9.17, 15) is 0 Å². The molecule has 1 fully saturated rings. The van der Waals surface area contributed by atoms with E-state index in [1.807, 2.05) is 12.1 Å². The number of benzene rings is 1. The van der Waals surface area contributed by atoms with Crippen molar-refractivity contribution in [1.82, 2.24) is 10.6 Å². The molecule has 1 aliphatic rings. The lowest BCUT2D eigenvalue weighted by Gasteiger charge is -2.24. The number of nitrogens with one attached hydrogen (secondary N) is 2. The van der Waals surface area contributed by atoms with Gasteiger partial charge in [0, 0.05) is 22.6 Å². The summed E-state index contributed by atoms with van der Waals surface area (Å²) < 4.78 is 0. The van der Waals surface area contributed by atoms with Crippen LogP contribution in [-0.4, -0.2) is 19.1 Å². The second kappa shape index (κ2) is 5.87. The first-order chi connectivity index (χ1) is 7.75. The van der Waals surface area contributed by atoms with E-state index < -0.39 is 0 Å². The van der Waals surface area contributed by atoms with E-state index >= 15 is 0 Å². The van der Waals surface area contributed by atoms with Gasteiger partial charge < -0.3 is 10.6 Å². The fourth-order valence-electron chi connectivity index (χ4n) is 1.95. The lowest BCUT2D eigenvalue weighted by atomic mass is 10.1. The fraction of sp³-hybridized carbons (Fsp3) is 0.500. The van der Waals surface area contributed by atoms with Crippen LogP contribution in [0.3, 0.4) is 0 Å². The first kappa shape index (κ1) is 12.2. The molecule has 1 aromatic carbocycles. The maximum atomic E-state index is 6.11. The number of piperidine rings is 1. The molecule has 0 saturated carbocycles. The summed E-state index contributed by atoms with van der Waals surface area (Å²) in [4.78, 5) is 0. The lowest BCUT2D eigenvalue weighted by molar-refractivity contribution is 0.386. The van der Waals surface area contributed by atoms with Crippen molar-refractivity contribution in [3.63, 3.8) is 0 Å². The van der Waals surface area contributed by atoms with Crippen LogP contribution in [-0.2, 0) is 6.54 Å². The standard InChI is InChI=1S/C12H16Cl2N2/c13-10-2-1-9(12(14)7-10)8-16-11-3-5-15-6-4-11/h1-2,7,11,15-16H,3-6,8H2. The highest BCUT2D eigenvalue weighted by Gasteiger charge is 2.12. The van der Waals surface area contributed by atoms with Crippen molar-refractivity contribution in [1.29, 1.82) is 0 Å². The minimum absolute atomic E-state index is 0.605. The van der Waals surface area contributed by atoms with Crippen LogP contribution < -0.4 is 10.6 Å². The monoisotopic (exact) mass is 258 g/mol. The molecule has 1 saturated heterocycles. The molecule has 0 atom stereocenters. The van der Waals surface area contributed by atoms with E-state index in [0.29, 0.717) is 11.1 Å². The Balaban J connectivity index is 1.88. The Morgan fingerprint density at radius 2 is 2.00 bits per heavy atom. The van der Waals surface area contributed by atoms with Crippen LogP contribution in [0.25, 0.3) is 0 Å². The molecule has 1 heterocycles. The van der Waals surface area contributed by atoms with E-state index in [1.165, 1.54) is 12.8 Å². The zero-order valence-electron chi connectivity index (χ0n) is 9.10. The quantitative estimate of drug-likeness (QED) is 0.872. The average molecular weight is 259 g/mol. The molecule has 0 spiro atoms. The van der Waals surface area contributed by atoms with Crippen molar-refractivity contribution >= 4 is 23.2 Å². The minimum Gasteiger partial charge on any atom is -0.317 e. The zero-order valence-corrected chi connectivity index (χ0v) is 10.6. The van der Waals surface area contributed by atoms with Gasteiger partial charge in [0.1, 0.15) is 0 Å². The summed E-state index contributed by atoms with van der Waals surface area (Å²) in [7, 11) is 0. The highest BCUT2D eigenvalue weighted by Crippen LogP contribution is 2.21. The Morgan fingerprint density at radius 1 is 1.25 bits per heavy atom. The second-order valence-corrected chi connectivity index (χ2v) is 4.98. The molecule has 88 valence electrons. The second-order valence-electron chi connectivity index (χ2n) is 4.14. The first-order valence-corrected chi connectivity index (χ1v) is 6.39. The van der Waals surface area contributed by atoms with Crippen LogP contribution in [0.2, 0.25) is 10.0 Å². The van der Waals surface area contributed by atoms with Gasteiger partial charge in [0.15, 0.2) is 0 Å².